The topological polar surface area (TPSA) is 104 Å². The first kappa shape index (κ1) is 13.6. The molecule has 3 heterocycles. The molecule has 0 bridgehead atoms. The lowest BCUT2D eigenvalue weighted by Gasteiger charge is -2.42. The molecule has 2 aliphatic heterocycles. The molecule has 1 aromatic heterocycles. The maximum atomic E-state index is 12.4. The van der Waals surface area contributed by atoms with Crippen molar-refractivity contribution in [1.29, 1.82) is 0 Å². The molecule has 0 saturated carbocycles. The quantitative estimate of drug-likeness (QED) is 0.847. The van der Waals surface area contributed by atoms with Gasteiger partial charge in [-0.2, -0.15) is 0 Å². The highest BCUT2D eigenvalue weighted by Crippen LogP contribution is 2.24. The average molecular weight is 293 g/mol. The SMILES string of the molecule is O=C(O)c1cc(CN2CC(=O)N3CCCCC3C2=O)on1. The molecule has 0 radical (unpaired) electrons. The average Bonchev–Trinajstić information content (AvgIpc) is 2.93. The molecule has 2 aliphatic rings. The van der Waals surface area contributed by atoms with Gasteiger partial charge in [-0.15, -0.1) is 0 Å². The highest BCUT2D eigenvalue weighted by atomic mass is 16.5. The second kappa shape index (κ2) is 5.19. The molecule has 1 N–H and O–H groups in total. The number of rotatable bonds is 3. The number of aromatic carboxylic acids is 1. The number of hydrogen-bond acceptors (Lipinski definition) is 5. The zero-order valence-electron chi connectivity index (χ0n) is 11.3. The summed E-state index contributed by atoms with van der Waals surface area (Å²) in [5.41, 5.74) is -0.208. The molecular formula is C13H15N3O5. The van der Waals surface area contributed by atoms with Gasteiger partial charge >= 0.3 is 5.97 Å². The molecule has 8 nitrogen and oxygen atoms in total. The van der Waals surface area contributed by atoms with E-state index in [1.807, 2.05) is 0 Å². The smallest absolute Gasteiger partial charge is 0.358 e. The number of piperazine rings is 1. The van der Waals surface area contributed by atoms with Crippen molar-refractivity contribution in [2.75, 3.05) is 13.1 Å². The summed E-state index contributed by atoms with van der Waals surface area (Å²) >= 11 is 0. The number of fused-ring (bicyclic) bond motifs is 1. The lowest BCUT2D eigenvalue weighted by Crippen LogP contribution is -2.60. The number of aromatic nitrogens is 1. The third-order valence-electron chi connectivity index (χ3n) is 3.87. The normalized spacial score (nSPS) is 22.4. The molecule has 2 amide bonds. The summed E-state index contributed by atoms with van der Waals surface area (Å²) in [5, 5.41) is 12.2. The molecule has 0 spiro atoms. The standard InChI is InChI=1S/C13H15N3O5/c17-11-7-15(6-8-5-9(13(19)20)14-21-8)12(18)10-3-1-2-4-16(10)11/h5,10H,1-4,6-7H2,(H,19,20). The van der Waals surface area contributed by atoms with E-state index in [1.165, 1.54) is 11.0 Å². The monoisotopic (exact) mass is 293 g/mol. The fraction of sp³-hybridized carbons (Fsp3) is 0.538. The van der Waals surface area contributed by atoms with E-state index in [0.717, 1.165) is 12.8 Å². The number of carbonyl (C=O) groups is 3. The Balaban J connectivity index is 1.74. The van der Waals surface area contributed by atoms with E-state index in [9.17, 15) is 14.4 Å². The van der Waals surface area contributed by atoms with Crippen LogP contribution in [-0.2, 0) is 16.1 Å². The van der Waals surface area contributed by atoms with E-state index >= 15 is 0 Å². The molecule has 0 aromatic carbocycles. The number of nitrogens with zero attached hydrogens (tertiary/aromatic N) is 3. The number of piperidine rings is 1. The minimum absolute atomic E-state index is 0.00155. The predicted molar refractivity (Wildman–Crippen MR) is 68.2 cm³/mol. The third-order valence-corrected chi connectivity index (χ3v) is 3.87. The van der Waals surface area contributed by atoms with E-state index in [2.05, 4.69) is 5.16 Å². The van der Waals surface area contributed by atoms with Crippen LogP contribution in [0.2, 0.25) is 0 Å². The summed E-state index contributed by atoms with van der Waals surface area (Å²) in [7, 11) is 0. The number of carbonyl (C=O) groups excluding carboxylic acids is 2. The molecule has 2 fully saturated rings. The molecule has 0 aliphatic carbocycles. The highest BCUT2D eigenvalue weighted by molar-refractivity contribution is 5.95. The van der Waals surface area contributed by atoms with Crippen LogP contribution in [0.4, 0.5) is 0 Å². The van der Waals surface area contributed by atoms with Gasteiger partial charge in [-0.1, -0.05) is 5.16 Å². The van der Waals surface area contributed by atoms with Crippen LogP contribution in [0.5, 0.6) is 0 Å². The molecule has 112 valence electrons. The summed E-state index contributed by atoms with van der Waals surface area (Å²) in [6.45, 7) is 0.697. The van der Waals surface area contributed by atoms with Crippen LogP contribution < -0.4 is 0 Å². The van der Waals surface area contributed by atoms with Gasteiger partial charge in [0.1, 0.15) is 12.6 Å². The van der Waals surface area contributed by atoms with E-state index < -0.39 is 5.97 Å². The van der Waals surface area contributed by atoms with Gasteiger partial charge < -0.3 is 19.4 Å². The van der Waals surface area contributed by atoms with Crippen molar-refractivity contribution in [1.82, 2.24) is 15.0 Å². The van der Waals surface area contributed by atoms with Gasteiger partial charge in [0.15, 0.2) is 11.5 Å². The predicted octanol–water partition coefficient (Wildman–Crippen LogP) is 0.0961. The first-order valence-corrected chi connectivity index (χ1v) is 6.83. The molecule has 1 atom stereocenters. The van der Waals surface area contributed by atoms with Crippen LogP contribution in [0.15, 0.2) is 10.6 Å². The largest absolute Gasteiger partial charge is 0.476 e. The van der Waals surface area contributed by atoms with Crippen molar-refractivity contribution < 1.29 is 24.0 Å². The summed E-state index contributed by atoms with van der Waals surface area (Å²) in [4.78, 5) is 38.3. The first-order chi connectivity index (χ1) is 10.1. The fourth-order valence-electron chi connectivity index (χ4n) is 2.84. The molecule has 1 aromatic rings. The van der Waals surface area contributed by atoms with Gasteiger partial charge in [-0.05, 0) is 19.3 Å². The van der Waals surface area contributed by atoms with Gasteiger partial charge in [0, 0.05) is 12.6 Å². The Morgan fingerprint density at radius 1 is 1.43 bits per heavy atom. The number of carboxylic acid groups (broad SMARTS) is 1. The Morgan fingerprint density at radius 2 is 2.24 bits per heavy atom. The maximum Gasteiger partial charge on any atom is 0.358 e. The second-order valence-corrected chi connectivity index (χ2v) is 5.28. The van der Waals surface area contributed by atoms with Crippen molar-refractivity contribution >= 4 is 17.8 Å². The van der Waals surface area contributed by atoms with Gasteiger partial charge in [0.25, 0.3) is 0 Å². The summed E-state index contributed by atoms with van der Waals surface area (Å²) < 4.78 is 4.90. The second-order valence-electron chi connectivity index (χ2n) is 5.28. The van der Waals surface area contributed by atoms with Crippen LogP contribution in [-0.4, -0.2) is 57.0 Å². The Morgan fingerprint density at radius 3 is 2.95 bits per heavy atom. The fourth-order valence-corrected chi connectivity index (χ4v) is 2.84. The molecule has 3 rings (SSSR count). The number of carboxylic acids is 1. The summed E-state index contributed by atoms with van der Waals surface area (Å²) in [6, 6.07) is 0.884. The van der Waals surface area contributed by atoms with Gasteiger partial charge in [-0.3, -0.25) is 9.59 Å². The van der Waals surface area contributed by atoms with Crippen LogP contribution in [0.3, 0.4) is 0 Å². The maximum absolute atomic E-state index is 12.4. The van der Waals surface area contributed by atoms with E-state index in [4.69, 9.17) is 9.63 Å². The molecule has 21 heavy (non-hydrogen) atoms. The van der Waals surface area contributed by atoms with E-state index in [1.54, 1.807) is 4.90 Å². The molecule has 1 unspecified atom stereocenters. The Labute approximate surface area is 120 Å². The van der Waals surface area contributed by atoms with E-state index in [-0.39, 0.29) is 42.4 Å². The van der Waals surface area contributed by atoms with Gasteiger partial charge in [0.05, 0.1) is 6.54 Å². The summed E-state index contributed by atoms with van der Waals surface area (Å²) in [5.74, 6) is -1.11. The van der Waals surface area contributed by atoms with E-state index in [0.29, 0.717) is 13.0 Å². The number of hydrogen-bond donors (Lipinski definition) is 1. The van der Waals surface area contributed by atoms with Crippen molar-refractivity contribution in [3.63, 3.8) is 0 Å². The van der Waals surface area contributed by atoms with Crippen molar-refractivity contribution in [2.45, 2.75) is 31.8 Å². The van der Waals surface area contributed by atoms with Gasteiger partial charge in [0.2, 0.25) is 11.8 Å². The first-order valence-electron chi connectivity index (χ1n) is 6.83. The van der Waals surface area contributed by atoms with Crippen LogP contribution >= 0.6 is 0 Å². The minimum Gasteiger partial charge on any atom is -0.476 e. The Bertz CT molecular complexity index is 596. The third kappa shape index (κ3) is 2.48. The summed E-state index contributed by atoms with van der Waals surface area (Å²) in [6.07, 6.45) is 2.54. The highest BCUT2D eigenvalue weighted by Gasteiger charge is 2.40. The van der Waals surface area contributed by atoms with Crippen LogP contribution in [0.25, 0.3) is 0 Å². The van der Waals surface area contributed by atoms with Crippen LogP contribution in [0, 0.1) is 0 Å². The lowest BCUT2D eigenvalue weighted by atomic mass is 9.98. The molecular weight excluding hydrogens is 278 g/mol. The minimum atomic E-state index is -1.19. The van der Waals surface area contributed by atoms with Crippen molar-refractivity contribution in [3.8, 4) is 0 Å². The van der Waals surface area contributed by atoms with Crippen LogP contribution in [0.1, 0.15) is 35.5 Å². The van der Waals surface area contributed by atoms with Crippen molar-refractivity contribution in [2.24, 2.45) is 0 Å². The molecule has 8 heteroatoms. The Kier molecular flexibility index (Phi) is 3.36. The lowest BCUT2D eigenvalue weighted by molar-refractivity contribution is -0.158. The molecule has 2 saturated heterocycles. The van der Waals surface area contributed by atoms with Gasteiger partial charge in [-0.25, -0.2) is 4.79 Å². The zero-order valence-corrected chi connectivity index (χ0v) is 11.3. The van der Waals surface area contributed by atoms with Crippen molar-refractivity contribution in [3.05, 3.63) is 17.5 Å². The number of amides is 2. The Hall–Kier alpha value is -2.38. The zero-order chi connectivity index (χ0) is 15.0.